The van der Waals surface area contributed by atoms with Gasteiger partial charge < -0.3 is 20.9 Å². The Morgan fingerprint density at radius 2 is 1.61 bits per heavy atom. The number of aromatic nitrogens is 3. The van der Waals surface area contributed by atoms with Gasteiger partial charge in [-0.15, -0.1) is 0 Å². The lowest BCUT2D eigenvalue weighted by Crippen LogP contribution is -2.20. The van der Waals surface area contributed by atoms with Gasteiger partial charge in [0.15, 0.2) is 0 Å². The van der Waals surface area contributed by atoms with E-state index in [1.807, 2.05) is 21.0 Å². The minimum absolute atomic E-state index is 0.0495. The maximum atomic E-state index is 13.0. The molecule has 33 heavy (non-hydrogen) atoms. The van der Waals surface area contributed by atoms with Crippen LogP contribution in [0.5, 0.6) is 0 Å². The van der Waals surface area contributed by atoms with Crippen LogP contribution in [0.25, 0.3) is 0 Å². The molecule has 0 bridgehead atoms. The maximum Gasteiger partial charge on any atom is 0.417 e. The number of rotatable bonds is 5. The average Bonchev–Trinajstić information content (AvgIpc) is 2.70. The smallest absolute Gasteiger partial charge is 0.347 e. The summed E-state index contributed by atoms with van der Waals surface area (Å²) in [5, 5.41) is 7.62. The van der Waals surface area contributed by atoms with Crippen LogP contribution in [0.1, 0.15) is 17.0 Å². The summed E-state index contributed by atoms with van der Waals surface area (Å²) in [5.74, 6) is 1.35. The fraction of sp³-hybridized carbons (Fsp3) is 0.238. The van der Waals surface area contributed by atoms with Crippen molar-refractivity contribution in [2.45, 2.75) is 20.0 Å². The molecular weight excluding hydrogens is 459 g/mol. The molecular formula is C21H21ClF3N7O. The van der Waals surface area contributed by atoms with E-state index in [1.165, 1.54) is 6.07 Å². The summed E-state index contributed by atoms with van der Waals surface area (Å²) in [5.41, 5.74) is 0.816. The van der Waals surface area contributed by atoms with Crippen LogP contribution in [0.4, 0.5) is 46.9 Å². The topological polar surface area (TPSA) is 95.1 Å². The fourth-order valence-electron chi connectivity index (χ4n) is 2.79. The second kappa shape index (κ2) is 9.49. The maximum absolute atomic E-state index is 13.0. The van der Waals surface area contributed by atoms with Gasteiger partial charge in [0.1, 0.15) is 5.82 Å². The first-order valence-electron chi connectivity index (χ1n) is 9.65. The van der Waals surface area contributed by atoms with Crippen molar-refractivity contribution in [3.05, 3.63) is 58.4 Å². The molecule has 0 aliphatic rings. The number of alkyl halides is 3. The molecule has 0 saturated carbocycles. The molecule has 12 heteroatoms. The Labute approximate surface area is 193 Å². The van der Waals surface area contributed by atoms with Gasteiger partial charge >= 0.3 is 12.2 Å². The van der Waals surface area contributed by atoms with Crippen molar-refractivity contribution < 1.29 is 18.0 Å². The van der Waals surface area contributed by atoms with Gasteiger partial charge in [-0.2, -0.15) is 28.1 Å². The summed E-state index contributed by atoms with van der Waals surface area (Å²) in [7, 11) is 3.62. The number of nitrogens with one attached hydrogen (secondary N) is 3. The van der Waals surface area contributed by atoms with Gasteiger partial charge in [0.2, 0.25) is 11.9 Å². The van der Waals surface area contributed by atoms with Crippen molar-refractivity contribution in [1.29, 1.82) is 0 Å². The zero-order valence-electron chi connectivity index (χ0n) is 18.2. The van der Waals surface area contributed by atoms with E-state index < -0.39 is 22.8 Å². The predicted molar refractivity (Wildman–Crippen MR) is 122 cm³/mol. The summed E-state index contributed by atoms with van der Waals surface area (Å²) in [6.07, 6.45) is -4.64. The minimum Gasteiger partial charge on any atom is -0.347 e. The number of carbonyl (C=O) groups is 1. The second-order valence-corrected chi connectivity index (χ2v) is 7.73. The third-order valence-corrected chi connectivity index (χ3v) is 4.74. The van der Waals surface area contributed by atoms with E-state index in [0.29, 0.717) is 29.1 Å². The number of hydrogen-bond acceptors (Lipinski definition) is 6. The number of benzene rings is 2. The van der Waals surface area contributed by atoms with Crippen LogP contribution in [0, 0.1) is 13.8 Å². The van der Waals surface area contributed by atoms with Crippen LogP contribution in [-0.4, -0.2) is 35.1 Å². The number of hydrogen-bond donors (Lipinski definition) is 3. The largest absolute Gasteiger partial charge is 0.417 e. The summed E-state index contributed by atoms with van der Waals surface area (Å²) in [4.78, 5) is 27.0. The Morgan fingerprint density at radius 3 is 2.24 bits per heavy atom. The molecule has 0 aliphatic heterocycles. The van der Waals surface area contributed by atoms with Gasteiger partial charge in [0.05, 0.1) is 10.6 Å². The zero-order valence-corrected chi connectivity index (χ0v) is 18.9. The number of halogens is 4. The van der Waals surface area contributed by atoms with Gasteiger partial charge in [0, 0.05) is 31.2 Å². The van der Waals surface area contributed by atoms with Gasteiger partial charge in [-0.1, -0.05) is 17.7 Å². The highest BCUT2D eigenvalue weighted by atomic mass is 35.5. The third kappa shape index (κ3) is 6.22. The van der Waals surface area contributed by atoms with Gasteiger partial charge in [0.25, 0.3) is 0 Å². The van der Waals surface area contributed by atoms with Crippen molar-refractivity contribution in [2.75, 3.05) is 34.9 Å². The summed E-state index contributed by atoms with van der Waals surface area (Å²) >= 11 is 5.61. The van der Waals surface area contributed by atoms with Gasteiger partial charge in [-0.05, 0) is 49.7 Å². The van der Waals surface area contributed by atoms with Crippen LogP contribution < -0.4 is 20.9 Å². The molecule has 1 aromatic heterocycles. The lowest BCUT2D eigenvalue weighted by Gasteiger charge is -2.15. The number of anilines is 5. The molecule has 0 atom stereocenters. The van der Waals surface area contributed by atoms with Gasteiger partial charge in [-0.3, -0.25) is 0 Å². The van der Waals surface area contributed by atoms with Crippen LogP contribution in [0.3, 0.4) is 0 Å². The van der Waals surface area contributed by atoms with E-state index in [4.69, 9.17) is 11.6 Å². The SMILES string of the molecule is Cc1nc(Nc2cc(NC(=O)Nc3ccc(Cl)c(C(F)(F)F)c3)ccc2C)nc(N(C)C)n1. The molecule has 8 nitrogen and oxygen atoms in total. The predicted octanol–water partition coefficient (Wildman–Crippen LogP) is 5.61. The molecule has 174 valence electrons. The summed E-state index contributed by atoms with van der Waals surface area (Å²) in [6, 6.07) is 7.50. The van der Waals surface area contributed by atoms with Crippen molar-refractivity contribution in [3.63, 3.8) is 0 Å². The number of nitrogens with zero attached hydrogens (tertiary/aromatic N) is 4. The monoisotopic (exact) mass is 479 g/mol. The Morgan fingerprint density at radius 1 is 0.970 bits per heavy atom. The molecule has 3 aromatic rings. The van der Waals surface area contributed by atoms with Crippen molar-refractivity contribution in [2.24, 2.45) is 0 Å². The lowest BCUT2D eigenvalue weighted by atomic mass is 10.2. The number of carbonyl (C=O) groups excluding carboxylic acids is 1. The minimum atomic E-state index is -4.64. The first-order chi connectivity index (χ1) is 15.4. The fourth-order valence-corrected chi connectivity index (χ4v) is 3.02. The molecule has 2 aromatic carbocycles. The molecule has 0 spiro atoms. The van der Waals surface area contributed by atoms with Crippen molar-refractivity contribution in [3.8, 4) is 0 Å². The van der Waals surface area contributed by atoms with Crippen molar-refractivity contribution in [1.82, 2.24) is 15.0 Å². The second-order valence-electron chi connectivity index (χ2n) is 7.33. The zero-order chi connectivity index (χ0) is 24.3. The molecule has 2 amide bonds. The number of aryl methyl sites for hydroxylation is 2. The molecule has 1 heterocycles. The summed E-state index contributed by atoms with van der Waals surface area (Å²) < 4.78 is 39.1. The number of urea groups is 1. The Hall–Kier alpha value is -3.60. The molecule has 0 unspecified atom stereocenters. The first-order valence-corrected chi connectivity index (χ1v) is 10.0. The standard InChI is InChI=1S/C21H21ClF3N7O/c1-11-5-6-14(10-17(11)30-18-26-12(2)27-19(31-18)32(3)4)29-20(33)28-13-7-8-16(22)15(9-13)21(23,24)25/h5-10H,1-4H3,(H2,28,29,33)(H,26,27,30,31). The van der Waals surface area contributed by atoms with Crippen molar-refractivity contribution >= 4 is 46.6 Å². The molecule has 3 N–H and O–H groups in total. The van der Waals surface area contributed by atoms with E-state index in [0.717, 1.165) is 17.7 Å². The average molecular weight is 480 g/mol. The third-order valence-electron chi connectivity index (χ3n) is 4.41. The molecule has 0 radical (unpaired) electrons. The first kappa shape index (κ1) is 24.1. The Bertz CT molecular complexity index is 1190. The molecule has 3 rings (SSSR count). The van der Waals surface area contributed by atoms with E-state index in [2.05, 4.69) is 30.9 Å². The van der Waals surface area contributed by atoms with Crippen LogP contribution in [-0.2, 0) is 6.18 Å². The molecule has 0 aliphatic carbocycles. The van der Waals surface area contributed by atoms with E-state index in [1.54, 1.807) is 30.0 Å². The Balaban J connectivity index is 1.76. The highest BCUT2D eigenvalue weighted by Gasteiger charge is 2.33. The quantitative estimate of drug-likeness (QED) is 0.440. The lowest BCUT2D eigenvalue weighted by molar-refractivity contribution is -0.137. The molecule has 0 fully saturated rings. The van der Waals surface area contributed by atoms with Crippen LogP contribution in [0.2, 0.25) is 5.02 Å². The van der Waals surface area contributed by atoms with E-state index in [-0.39, 0.29) is 5.69 Å². The summed E-state index contributed by atoms with van der Waals surface area (Å²) in [6.45, 7) is 3.61. The van der Waals surface area contributed by atoms with E-state index >= 15 is 0 Å². The Kier molecular flexibility index (Phi) is 6.92. The van der Waals surface area contributed by atoms with Gasteiger partial charge in [-0.25, -0.2) is 4.79 Å². The van der Waals surface area contributed by atoms with Crippen LogP contribution in [0.15, 0.2) is 36.4 Å². The molecule has 0 saturated heterocycles. The normalized spacial score (nSPS) is 11.2. The number of amides is 2. The van der Waals surface area contributed by atoms with E-state index in [9.17, 15) is 18.0 Å². The van der Waals surface area contributed by atoms with Crippen LogP contribution >= 0.6 is 11.6 Å². The highest BCUT2D eigenvalue weighted by molar-refractivity contribution is 6.31. The highest BCUT2D eigenvalue weighted by Crippen LogP contribution is 2.36.